The van der Waals surface area contributed by atoms with Gasteiger partial charge in [-0.3, -0.25) is 0 Å². The van der Waals surface area contributed by atoms with E-state index in [0.717, 1.165) is 18.8 Å². The van der Waals surface area contributed by atoms with Gasteiger partial charge < -0.3 is 9.47 Å². The number of methoxy groups -OCH3 is 1. The fraction of sp³-hybridized carbons (Fsp3) is 0.724. The summed E-state index contributed by atoms with van der Waals surface area (Å²) in [4.78, 5) is 0. The van der Waals surface area contributed by atoms with Crippen molar-refractivity contribution < 1.29 is 9.47 Å². The Bertz CT molecular complexity index is 586. The van der Waals surface area contributed by atoms with Crippen LogP contribution in [0.4, 0.5) is 0 Å². The summed E-state index contributed by atoms with van der Waals surface area (Å²) in [5.74, 6) is 1.49. The van der Waals surface area contributed by atoms with Gasteiger partial charge in [-0.2, -0.15) is 0 Å². The molecule has 0 amide bonds. The molecule has 2 nitrogen and oxygen atoms in total. The van der Waals surface area contributed by atoms with Gasteiger partial charge >= 0.3 is 0 Å². The van der Waals surface area contributed by atoms with E-state index in [4.69, 9.17) is 9.47 Å². The lowest BCUT2D eigenvalue weighted by atomic mass is 10.0. The van der Waals surface area contributed by atoms with Crippen LogP contribution in [0.3, 0.4) is 0 Å². The van der Waals surface area contributed by atoms with E-state index >= 15 is 0 Å². The second-order valence-corrected chi connectivity index (χ2v) is 13.9. The van der Waals surface area contributed by atoms with Gasteiger partial charge in [0.05, 0.1) is 38.4 Å². The Kier molecular flexibility index (Phi) is 16.1. The summed E-state index contributed by atoms with van der Waals surface area (Å²) in [6.07, 6.45) is 19.2. The molecule has 0 spiro atoms. The fourth-order valence-electron chi connectivity index (χ4n) is 4.43. The lowest BCUT2D eigenvalue weighted by Crippen LogP contribution is -2.14. The van der Waals surface area contributed by atoms with Crippen molar-refractivity contribution in [1.29, 1.82) is 0 Å². The van der Waals surface area contributed by atoms with Crippen molar-refractivity contribution >= 4 is 7.26 Å². The van der Waals surface area contributed by atoms with Crippen LogP contribution >= 0.6 is 7.26 Å². The van der Waals surface area contributed by atoms with Gasteiger partial charge in [0.1, 0.15) is 5.75 Å². The summed E-state index contributed by atoms with van der Waals surface area (Å²) < 4.78 is 11.2. The molecule has 0 aliphatic heterocycles. The Labute approximate surface area is 200 Å². The molecule has 0 saturated carbocycles. The van der Waals surface area contributed by atoms with E-state index in [1.54, 1.807) is 12.7 Å². The van der Waals surface area contributed by atoms with Crippen LogP contribution in [0.15, 0.2) is 35.9 Å². The second kappa shape index (κ2) is 17.6. The molecule has 3 heteroatoms. The van der Waals surface area contributed by atoms with Crippen LogP contribution in [0.5, 0.6) is 5.75 Å². The molecular weight excluding hydrogens is 411 g/mol. The van der Waals surface area contributed by atoms with Gasteiger partial charge in [-0.1, -0.05) is 72.1 Å². The number of rotatable bonds is 19. The van der Waals surface area contributed by atoms with Crippen molar-refractivity contribution in [2.45, 2.75) is 92.6 Å². The first-order chi connectivity index (χ1) is 15.5. The SMILES string of the molecule is CCCC[P+](CCCC)(CCCC)C/C(=C\[C@@H](C)CCOCc1ccc(OC)cc1)CC. The van der Waals surface area contributed by atoms with E-state index in [1.165, 1.54) is 75.2 Å². The van der Waals surface area contributed by atoms with Crippen molar-refractivity contribution in [3.05, 3.63) is 41.5 Å². The van der Waals surface area contributed by atoms with Crippen molar-refractivity contribution in [2.75, 3.05) is 38.4 Å². The summed E-state index contributed by atoms with van der Waals surface area (Å²) in [5.41, 5.74) is 2.94. The van der Waals surface area contributed by atoms with Crippen LogP contribution in [0.1, 0.15) is 91.5 Å². The lowest BCUT2D eigenvalue weighted by Gasteiger charge is -2.29. The van der Waals surface area contributed by atoms with E-state index in [2.05, 4.69) is 52.8 Å². The highest BCUT2D eigenvalue weighted by molar-refractivity contribution is 7.76. The summed E-state index contributed by atoms with van der Waals surface area (Å²) >= 11 is 0. The minimum absolute atomic E-state index is 0.589. The Morgan fingerprint density at radius 2 is 1.47 bits per heavy atom. The number of unbranched alkanes of at least 4 members (excludes halogenated alkanes) is 3. The highest BCUT2D eigenvalue weighted by atomic mass is 31.2. The van der Waals surface area contributed by atoms with Gasteiger partial charge in [-0.25, -0.2) is 0 Å². The van der Waals surface area contributed by atoms with Crippen molar-refractivity contribution in [3.8, 4) is 5.75 Å². The zero-order valence-electron chi connectivity index (χ0n) is 22.1. The molecular formula is C29H52O2P+. The predicted molar refractivity (Wildman–Crippen MR) is 146 cm³/mol. The van der Waals surface area contributed by atoms with E-state index in [-0.39, 0.29) is 0 Å². The smallest absolute Gasteiger partial charge is 0.118 e. The first-order valence-corrected chi connectivity index (χ1v) is 15.8. The second-order valence-electron chi connectivity index (χ2n) is 9.58. The molecule has 0 aliphatic carbocycles. The minimum atomic E-state index is -0.863. The molecule has 0 aromatic heterocycles. The number of benzene rings is 1. The zero-order valence-corrected chi connectivity index (χ0v) is 23.0. The topological polar surface area (TPSA) is 18.5 Å². The summed E-state index contributed by atoms with van der Waals surface area (Å²) in [6.45, 7) is 13.3. The molecule has 0 N–H and O–H groups in total. The molecule has 0 aliphatic rings. The molecule has 0 heterocycles. The fourth-order valence-corrected chi connectivity index (χ4v) is 9.73. The maximum absolute atomic E-state index is 5.98. The largest absolute Gasteiger partial charge is 0.497 e. The molecule has 1 atom stereocenters. The maximum Gasteiger partial charge on any atom is 0.118 e. The van der Waals surface area contributed by atoms with E-state index < -0.39 is 7.26 Å². The van der Waals surface area contributed by atoms with Gasteiger partial charge in [-0.05, 0) is 61.3 Å². The molecule has 0 radical (unpaired) electrons. The molecule has 0 saturated heterocycles. The third-order valence-corrected chi connectivity index (χ3v) is 11.5. The number of hydrogen-bond donors (Lipinski definition) is 0. The standard InChI is InChI=1S/C29H52O2P/c1-7-11-20-32(21-12-8-2,22-13-9-3)25-27(10-4)23-26(5)18-19-31-24-28-14-16-29(30-6)17-15-28/h14-17,23,26H,7-13,18-22,24-25H2,1-6H3/q+1/b27-23-/t26-/m0/s1. The number of hydrogen-bond acceptors (Lipinski definition) is 2. The minimum Gasteiger partial charge on any atom is -0.497 e. The van der Waals surface area contributed by atoms with Crippen molar-refractivity contribution in [2.24, 2.45) is 5.92 Å². The first kappa shape index (κ1) is 29.2. The van der Waals surface area contributed by atoms with Gasteiger partial charge in [0, 0.05) is 13.9 Å². The average Bonchev–Trinajstić information content (AvgIpc) is 2.82. The van der Waals surface area contributed by atoms with E-state index in [1.807, 2.05) is 12.1 Å². The summed E-state index contributed by atoms with van der Waals surface area (Å²) in [6, 6.07) is 8.18. The number of allylic oxidation sites excluding steroid dienone is 2. The van der Waals surface area contributed by atoms with Crippen LogP contribution < -0.4 is 4.74 Å². The zero-order chi connectivity index (χ0) is 23.7. The van der Waals surface area contributed by atoms with E-state index in [9.17, 15) is 0 Å². The Hall–Kier alpha value is -0.850. The molecule has 1 rings (SSSR count). The molecule has 0 bridgehead atoms. The van der Waals surface area contributed by atoms with E-state index in [0.29, 0.717) is 12.5 Å². The summed E-state index contributed by atoms with van der Waals surface area (Å²) in [5, 5.41) is 0. The van der Waals surface area contributed by atoms with Gasteiger partial charge in [0.15, 0.2) is 0 Å². The van der Waals surface area contributed by atoms with Crippen LogP contribution in [-0.4, -0.2) is 38.4 Å². The van der Waals surface area contributed by atoms with Gasteiger partial charge in [0.2, 0.25) is 0 Å². The molecule has 1 aromatic carbocycles. The third-order valence-electron chi connectivity index (χ3n) is 6.62. The predicted octanol–water partition coefficient (Wildman–Crippen LogP) is 8.99. The maximum atomic E-state index is 5.98. The van der Waals surface area contributed by atoms with Crippen LogP contribution in [0.2, 0.25) is 0 Å². The molecule has 0 fully saturated rings. The van der Waals surface area contributed by atoms with Crippen molar-refractivity contribution in [3.63, 3.8) is 0 Å². The Balaban J connectivity index is 2.65. The third kappa shape index (κ3) is 11.9. The average molecular weight is 464 g/mol. The van der Waals surface area contributed by atoms with Crippen LogP contribution in [0.25, 0.3) is 0 Å². The first-order valence-electron chi connectivity index (χ1n) is 13.3. The quantitative estimate of drug-likeness (QED) is 0.116. The van der Waals surface area contributed by atoms with Gasteiger partial charge in [0.25, 0.3) is 0 Å². The monoisotopic (exact) mass is 463 g/mol. The highest BCUT2D eigenvalue weighted by Gasteiger charge is 2.36. The Morgan fingerprint density at radius 1 is 0.906 bits per heavy atom. The number of ether oxygens (including phenoxy) is 2. The Morgan fingerprint density at radius 3 is 1.94 bits per heavy atom. The van der Waals surface area contributed by atoms with Gasteiger partial charge in [-0.15, -0.1) is 0 Å². The molecule has 32 heavy (non-hydrogen) atoms. The highest BCUT2D eigenvalue weighted by Crippen LogP contribution is 2.62. The normalized spacial score (nSPS) is 13.4. The lowest BCUT2D eigenvalue weighted by molar-refractivity contribution is 0.113. The summed E-state index contributed by atoms with van der Waals surface area (Å²) in [7, 11) is 0.840. The molecule has 1 aromatic rings. The van der Waals surface area contributed by atoms with Crippen molar-refractivity contribution in [1.82, 2.24) is 0 Å². The molecule has 184 valence electrons. The van der Waals surface area contributed by atoms with Crippen LogP contribution in [0, 0.1) is 5.92 Å². The molecule has 0 unspecified atom stereocenters. The van der Waals surface area contributed by atoms with Crippen LogP contribution in [-0.2, 0) is 11.3 Å².